The van der Waals surface area contributed by atoms with E-state index in [2.05, 4.69) is 5.32 Å². The van der Waals surface area contributed by atoms with E-state index in [1.165, 1.54) is 12.1 Å². The van der Waals surface area contributed by atoms with Gasteiger partial charge in [-0.1, -0.05) is 0 Å². The number of likely N-dealkylation sites (tertiary alicyclic amines) is 1. The Morgan fingerprint density at radius 3 is 2.95 bits per heavy atom. The van der Waals surface area contributed by atoms with Crippen LogP contribution in [0, 0.1) is 15.3 Å². The van der Waals surface area contributed by atoms with Crippen molar-refractivity contribution >= 4 is 40.9 Å². The van der Waals surface area contributed by atoms with Crippen molar-refractivity contribution in [1.29, 1.82) is 0 Å². The molecule has 20 heavy (non-hydrogen) atoms. The highest BCUT2D eigenvalue weighted by Gasteiger charge is 2.25. The highest BCUT2D eigenvalue weighted by molar-refractivity contribution is 14.1. The molecule has 1 aliphatic heterocycles. The van der Waals surface area contributed by atoms with E-state index in [1.54, 1.807) is 6.07 Å². The van der Waals surface area contributed by atoms with Gasteiger partial charge in [0.25, 0.3) is 5.91 Å². The lowest BCUT2D eigenvalue weighted by Gasteiger charge is -2.33. The molecule has 1 aromatic rings. The zero-order valence-corrected chi connectivity index (χ0v) is 14.3. The third-order valence-electron chi connectivity index (χ3n) is 3.46. The molecule has 1 N–H and O–H groups in total. The molecule has 112 valence electrons. The molecule has 1 heterocycles. The predicted molar refractivity (Wildman–Crippen MR) is 88.9 cm³/mol. The third-order valence-corrected chi connectivity index (χ3v) is 4.35. The van der Waals surface area contributed by atoms with Crippen LogP contribution in [0.25, 0.3) is 0 Å². The minimum Gasteiger partial charge on any atom is -0.338 e. The quantitative estimate of drug-likeness (QED) is 0.774. The Bertz CT molecular complexity index is 470. The van der Waals surface area contributed by atoms with Crippen molar-refractivity contribution in [2.75, 3.05) is 26.7 Å². The summed E-state index contributed by atoms with van der Waals surface area (Å²) in [5.74, 6) is 0.235. The zero-order chi connectivity index (χ0) is 13.8. The maximum absolute atomic E-state index is 13.1. The molecule has 1 atom stereocenters. The predicted octanol–water partition coefficient (Wildman–Crippen LogP) is 2.92. The second-order valence-electron chi connectivity index (χ2n) is 4.94. The molecule has 0 bridgehead atoms. The van der Waals surface area contributed by atoms with Crippen LogP contribution in [-0.4, -0.2) is 37.5 Å². The topological polar surface area (TPSA) is 32.3 Å². The fraction of sp³-hybridized carbons (Fsp3) is 0.500. The minimum atomic E-state index is -0.298. The van der Waals surface area contributed by atoms with Crippen LogP contribution < -0.4 is 5.32 Å². The Morgan fingerprint density at radius 2 is 2.30 bits per heavy atom. The van der Waals surface area contributed by atoms with Crippen molar-refractivity contribution in [2.24, 2.45) is 5.92 Å². The molecule has 3 nitrogen and oxygen atoms in total. The van der Waals surface area contributed by atoms with E-state index in [0.29, 0.717) is 15.1 Å². The molecule has 0 radical (unpaired) electrons. The van der Waals surface area contributed by atoms with E-state index in [1.807, 2.05) is 34.5 Å². The average Bonchev–Trinajstić information content (AvgIpc) is 2.39. The van der Waals surface area contributed by atoms with Crippen molar-refractivity contribution in [3.05, 3.63) is 33.1 Å². The van der Waals surface area contributed by atoms with Crippen LogP contribution in [0.15, 0.2) is 18.2 Å². The summed E-state index contributed by atoms with van der Waals surface area (Å²) in [6, 6.07) is 4.34. The van der Waals surface area contributed by atoms with Crippen LogP contribution in [0.4, 0.5) is 4.39 Å². The summed E-state index contributed by atoms with van der Waals surface area (Å²) in [4.78, 5) is 14.3. The summed E-state index contributed by atoms with van der Waals surface area (Å²) in [5.41, 5.74) is 0.604. The molecule has 0 aliphatic carbocycles. The number of carbonyl (C=O) groups excluding carboxylic acids is 1. The number of rotatable bonds is 3. The van der Waals surface area contributed by atoms with E-state index in [4.69, 9.17) is 0 Å². The molecule has 0 saturated carbocycles. The largest absolute Gasteiger partial charge is 0.338 e. The molecule has 1 fully saturated rings. The van der Waals surface area contributed by atoms with Gasteiger partial charge in [0.05, 0.1) is 5.56 Å². The summed E-state index contributed by atoms with van der Waals surface area (Å²) in [5, 5.41) is 3.17. The number of benzene rings is 1. The van der Waals surface area contributed by atoms with Gasteiger partial charge in [-0.25, -0.2) is 4.39 Å². The molecule has 1 saturated heterocycles. The van der Waals surface area contributed by atoms with Crippen LogP contribution in [-0.2, 0) is 0 Å². The number of carbonyl (C=O) groups is 1. The van der Waals surface area contributed by atoms with Gasteiger partial charge in [-0.05, 0) is 73.1 Å². The first-order valence-corrected chi connectivity index (χ1v) is 7.58. The number of nitrogens with zero attached hydrogens (tertiary/aromatic N) is 1. The average molecular weight is 413 g/mol. The highest BCUT2D eigenvalue weighted by atomic mass is 127. The number of halogens is 3. The lowest BCUT2D eigenvalue weighted by molar-refractivity contribution is 0.0673. The first kappa shape index (κ1) is 17.7. The van der Waals surface area contributed by atoms with Gasteiger partial charge in [-0.3, -0.25) is 4.79 Å². The summed E-state index contributed by atoms with van der Waals surface area (Å²) < 4.78 is 13.8. The van der Waals surface area contributed by atoms with Crippen LogP contribution in [0.5, 0.6) is 0 Å². The third kappa shape index (κ3) is 4.30. The van der Waals surface area contributed by atoms with Gasteiger partial charge in [0, 0.05) is 16.7 Å². The fourth-order valence-electron chi connectivity index (χ4n) is 2.54. The maximum atomic E-state index is 13.1. The van der Waals surface area contributed by atoms with Crippen LogP contribution in [0.2, 0.25) is 0 Å². The molecule has 0 spiro atoms. The second-order valence-corrected chi connectivity index (χ2v) is 6.10. The van der Waals surface area contributed by atoms with Gasteiger partial charge < -0.3 is 10.2 Å². The van der Waals surface area contributed by atoms with Crippen molar-refractivity contribution < 1.29 is 9.18 Å². The number of hydrogen-bond donors (Lipinski definition) is 1. The second kappa shape index (κ2) is 8.14. The van der Waals surface area contributed by atoms with Gasteiger partial charge in [-0.2, -0.15) is 0 Å². The number of piperidine rings is 1. The summed E-state index contributed by atoms with van der Waals surface area (Å²) in [6.07, 6.45) is 2.20. The van der Waals surface area contributed by atoms with E-state index in [-0.39, 0.29) is 24.1 Å². The minimum absolute atomic E-state index is 0. The molecule has 2 rings (SSSR count). The lowest BCUT2D eigenvalue weighted by Crippen LogP contribution is -2.42. The first-order chi connectivity index (χ1) is 9.11. The SMILES string of the molecule is CNCC1CCCN(C(=O)c2ccc(F)cc2I)C1.Cl. The summed E-state index contributed by atoms with van der Waals surface area (Å²) >= 11 is 2.02. The van der Waals surface area contributed by atoms with Gasteiger partial charge >= 0.3 is 0 Å². The Hall–Kier alpha value is -0.400. The van der Waals surface area contributed by atoms with E-state index >= 15 is 0 Å². The number of hydrogen-bond acceptors (Lipinski definition) is 2. The van der Waals surface area contributed by atoms with Crippen LogP contribution in [0.3, 0.4) is 0 Å². The number of amides is 1. The molecular weight excluding hydrogens is 394 g/mol. The maximum Gasteiger partial charge on any atom is 0.254 e. The molecular formula is C14H19ClFIN2O. The van der Waals surface area contributed by atoms with E-state index < -0.39 is 0 Å². The van der Waals surface area contributed by atoms with Gasteiger partial charge in [0.15, 0.2) is 0 Å². The van der Waals surface area contributed by atoms with Crippen molar-refractivity contribution in [1.82, 2.24) is 10.2 Å². The van der Waals surface area contributed by atoms with Crippen molar-refractivity contribution in [2.45, 2.75) is 12.8 Å². The van der Waals surface area contributed by atoms with Gasteiger partial charge in [0.2, 0.25) is 0 Å². The summed E-state index contributed by atoms with van der Waals surface area (Å²) in [6.45, 7) is 2.52. The van der Waals surface area contributed by atoms with Gasteiger partial charge in [-0.15, -0.1) is 12.4 Å². The summed E-state index contributed by atoms with van der Waals surface area (Å²) in [7, 11) is 1.93. The van der Waals surface area contributed by atoms with E-state index in [0.717, 1.165) is 32.5 Å². The fourth-order valence-corrected chi connectivity index (χ4v) is 3.25. The molecule has 1 amide bonds. The van der Waals surface area contributed by atoms with Gasteiger partial charge in [0.1, 0.15) is 5.82 Å². The van der Waals surface area contributed by atoms with Crippen LogP contribution in [0.1, 0.15) is 23.2 Å². The first-order valence-electron chi connectivity index (χ1n) is 6.50. The molecule has 0 aromatic heterocycles. The smallest absolute Gasteiger partial charge is 0.254 e. The van der Waals surface area contributed by atoms with E-state index in [9.17, 15) is 9.18 Å². The Labute approximate surface area is 138 Å². The molecule has 1 aromatic carbocycles. The molecule has 1 aliphatic rings. The van der Waals surface area contributed by atoms with Crippen molar-refractivity contribution in [3.63, 3.8) is 0 Å². The lowest BCUT2D eigenvalue weighted by atomic mass is 9.97. The molecule has 6 heteroatoms. The Balaban J connectivity index is 0.00000200. The Kier molecular flexibility index (Phi) is 7.19. The number of nitrogens with one attached hydrogen (secondary N) is 1. The highest BCUT2D eigenvalue weighted by Crippen LogP contribution is 2.21. The normalized spacial score (nSPS) is 18.6. The van der Waals surface area contributed by atoms with Crippen molar-refractivity contribution in [3.8, 4) is 0 Å². The molecule has 1 unspecified atom stereocenters. The Morgan fingerprint density at radius 1 is 1.55 bits per heavy atom. The zero-order valence-electron chi connectivity index (χ0n) is 11.4. The standard InChI is InChI=1S/C14H18FIN2O.ClH/c1-17-8-10-3-2-6-18(9-10)14(19)12-5-4-11(15)7-13(12)16;/h4-5,7,10,17H,2-3,6,8-9H2,1H3;1H. The monoisotopic (exact) mass is 412 g/mol. The van der Waals surface area contributed by atoms with Crippen LogP contribution >= 0.6 is 35.0 Å².